The summed E-state index contributed by atoms with van der Waals surface area (Å²) >= 11 is 2.99. The number of alkyl halides is 3. The van der Waals surface area contributed by atoms with E-state index in [9.17, 15) is 26.4 Å². The van der Waals surface area contributed by atoms with Crippen LogP contribution in [-0.4, -0.2) is 25.4 Å². The molecule has 4 nitrogen and oxygen atoms in total. The molecule has 0 aromatic heterocycles. The van der Waals surface area contributed by atoms with E-state index in [1.54, 1.807) is 0 Å². The van der Waals surface area contributed by atoms with Crippen molar-refractivity contribution in [2.45, 2.75) is 24.2 Å². The Balaban J connectivity index is 2.37. The highest BCUT2D eigenvalue weighted by Crippen LogP contribution is 2.34. The molecule has 0 unspecified atom stereocenters. The maximum Gasteiger partial charge on any atom is 0.471 e. The van der Waals surface area contributed by atoms with Gasteiger partial charge in [0.25, 0.3) is 9.05 Å². The minimum Gasteiger partial charge on any atom is -0.326 e. The number of hydrogen-bond donors (Lipinski definition) is 0. The van der Waals surface area contributed by atoms with Gasteiger partial charge < -0.3 is 4.90 Å². The molecule has 1 aromatic carbocycles. The Kier molecular flexibility index (Phi) is 3.81. The van der Waals surface area contributed by atoms with Crippen molar-refractivity contribution in [1.82, 2.24) is 4.90 Å². The van der Waals surface area contributed by atoms with E-state index in [0.29, 0.717) is 16.0 Å². The van der Waals surface area contributed by atoms with E-state index in [2.05, 4.69) is 15.9 Å². The maximum atomic E-state index is 12.4. The van der Waals surface area contributed by atoms with Gasteiger partial charge in [0.05, 0.1) is 4.90 Å². The third-order valence-corrected chi connectivity index (χ3v) is 5.05. The zero-order chi connectivity index (χ0) is 15.3. The van der Waals surface area contributed by atoms with Crippen LogP contribution in [0.25, 0.3) is 0 Å². The molecular weight excluding hydrogens is 387 g/mol. The lowest BCUT2D eigenvalue weighted by molar-refractivity contribution is -0.186. The SMILES string of the molecule is O=C(N1Cc2cc(Br)c(S(=O)(=O)Cl)cc2C1)C(F)(F)F. The lowest BCUT2D eigenvalue weighted by Crippen LogP contribution is -2.37. The topological polar surface area (TPSA) is 54.5 Å². The van der Waals surface area contributed by atoms with E-state index >= 15 is 0 Å². The minimum atomic E-state index is -4.96. The molecule has 110 valence electrons. The number of rotatable bonds is 1. The van der Waals surface area contributed by atoms with Crippen LogP contribution >= 0.6 is 26.6 Å². The average Bonchev–Trinajstić information content (AvgIpc) is 2.66. The fraction of sp³-hybridized carbons (Fsp3) is 0.300. The molecule has 1 aliphatic heterocycles. The van der Waals surface area contributed by atoms with Crippen LogP contribution in [0.5, 0.6) is 0 Å². The fourth-order valence-electron chi connectivity index (χ4n) is 1.91. The molecule has 1 heterocycles. The predicted molar refractivity (Wildman–Crippen MR) is 67.5 cm³/mol. The molecule has 0 fully saturated rings. The van der Waals surface area contributed by atoms with Gasteiger partial charge in [-0.25, -0.2) is 8.42 Å². The summed E-state index contributed by atoms with van der Waals surface area (Å²) in [6, 6.07) is 2.53. The van der Waals surface area contributed by atoms with Crippen LogP contribution in [0.2, 0.25) is 0 Å². The zero-order valence-corrected chi connectivity index (χ0v) is 12.7. The van der Waals surface area contributed by atoms with Crippen molar-refractivity contribution < 1.29 is 26.4 Å². The molecule has 20 heavy (non-hydrogen) atoms. The number of fused-ring (bicyclic) bond motifs is 1. The maximum absolute atomic E-state index is 12.4. The molecular formula is C10H6BrClF3NO3S. The normalized spacial score (nSPS) is 15.3. The van der Waals surface area contributed by atoms with Crippen LogP contribution in [0.3, 0.4) is 0 Å². The van der Waals surface area contributed by atoms with Crippen molar-refractivity contribution in [2.75, 3.05) is 0 Å². The van der Waals surface area contributed by atoms with Gasteiger partial charge in [-0.05, 0) is 39.2 Å². The average molecular weight is 393 g/mol. The first-order chi connectivity index (χ1) is 9.00. The molecule has 0 spiro atoms. The van der Waals surface area contributed by atoms with Gasteiger partial charge in [-0.1, -0.05) is 0 Å². The second kappa shape index (κ2) is 4.88. The Morgan fingerprint density at radius 2 is 1.75 bits per heavy atom. The summed E-state index contributed by atoms with van der Waals surface area (Å²) < 4.78 is 59.8. The third-order valence-electron chi connectivity index (χ3n) is 2.77. The van der Waals surface area contributed by atoms with Crippen molar-refractivity contribution in [3.05, 3.63) is 27.7 Å². The largest absolute Gasteiger partial charge is 0.471 e. The van der Waals surface area contributed by atoms with Gasteiger partial charge in [-0.3, -0.25) is 4.79 Å². The molecule has 10 heteroatoms. The summed E-state index contributed by atoms with van der Waals surface area (Å²) in [7, 11) is 1.20. The first-order valence-electron chi connectivity index (χ1n) is 5.12. The Morgan fingerprint density at radius 1 is 1.25 bits per heavy atom. The highest BCUT2D eigenvalue weighted by atomic mass is 79.9. The lowest BCUT2D eigenvalue weighted by atomic mass is 10.1. The summed E-state index contributed by atoms with van der Waals surface area (Å²) in [4.78, 5) is 11.5. The first-order valence-corrected chi connectivity index (χ1v) is 8.22. The third kappa shape index (κ3) is 2.94. The lowest BCUT2D eigenvalue weighted by Gasteiger charge is -2.16. The summed E-state index contributed by atoms with van der Waals surface area (Å²) in [5, 5.41) is 0. The Labute approximate surface area is 125 Å². The molecule has 0 bridgehead atoms. The number of halogens is 5. The van der Waals surface area contributed by atoms with Crippen LogP contribution in [0.4, 0.5) is 13.2 Å². The highest BCUT2D eigenvalue weighted by Gasteiger charge is 2.44. The summed E-state index contributed by atoms with van der Waals surface area (Å²) in [5.74, 6) is -1.96. The van der Waals surface area contributed by atoms with Gasteiger partial charge >= 0.3 is 12.1 Å². The predicted octanol–water partition coefficient (Wildman–Crippen LogP) is 2.78. The summed E-state index contributed by atoms with van der Waals surface area (Å²) in [6.45, 7) is -0.532. The molecule has 0 saturated carbocycles. The van der Waals surface area contributed by atoms with E-state index in [4.69, 9.17) is 10.7 Å². The van der Waals surface area contributed by atoms with Crippen molar-refractivity contribution in [3.8, 4) is 0 Å². The quantitative estimate of drug-likeness (QED) is 0.691. The molecule has 1 aliphatic rings. The molecule has 1 aromatic rings. The van der Waals surface area contributed by atoms with Crippen molar-refractivity contribution >= 4 is 41.6 Å². The zero-order valence-electron chi connectivity index (χ0n) is 9.54. The smallest absolute Gasteiger partial charge is 0.326 e. The van der Waals surface area contributed by atoms with Crippen LogP contribution in [0.15, 0.2) is 21.5 Å². The minimum absolute atomic E-state index is 0.146. The Hall–Kier alpha value is -0.800. The van der Waals surface area contributed by atoms with Gasteiger partial charge in [0, 0.05) is 28.2 Å². The highest BCUT2D eigenvalue weighted by molar-refractivity contribution is 9.10. The van der Waals surface area contributed by atoms with Crippen molar-refractivity contribution in [1.29, 1.82) is 0 Å². The van der Waals surface area contributed by atoms with Gasteiger partial charge in [-0.2, -0.15) is 13.2 Å². The number of hydrogen-bond acceptors (Lipinski definition) is 3. The molecule has 0 saturated heterocycles. The molecule has 0 N–H and O–H groups in total. The fourth-order valence-corrected chi connectivity index (χ4v) is 4.18. The summed E-state index contributed by atoms with van der Waals surface area (Å²) in [5.41, 5.74) is 0.767. The molecule has 2 rings (SSSR count). The van der Waals surface area contributed by atoms with Gasteiger partial charge in [0.15, 0.2) is 0 Å². The standard InChI is InChI=1S/C10H6BrClF3NO3S/c11-7-1-5-3-16(9(17)10(13,14)15)4-6(5)2-8(7)20(12,18)19/h1-2H,3-4H2. The van der Waals surface area contributed by atoms with Gasteiger partial charge in [0.2, 0.25) is 0 Å². The van der Waals surface area contributed by atoms with Crippen molar-refractivity contribution in [3.63, 3.8) is 0 Å². The Morgan fingerprint density at radius 3 is 2.20 bits per heavy atom. The van der Waals surface area contributed by atoms with E-state index < -0.39 is 21.1 Å². The van der Waals surface area contributed by atoms with Crippen LogP contribution in [0.1, 0.15) is 11.1 Å². The second-order valence-corrected chi connectivity index (χ2v) is 7.54. The van der Waals surface area contributed by atoms with E-state index in [1.807, 2.05) is 0 Å². The number of carbonyl (C=O) groups excluding carboxylic acids is 1. The molecule has 0 radical (unpaired) electrons. The molecule has 0 atom stereocenters. The summed E-state index contributed by atoms with van der Waals surface area (Å²) in [6.07, 6.45) is -4.96. The van der Waals surface area contributed by atoms with Crippen LogP contribution < -0.4 is 0 Å². The van der Waals surface area contributed by atoms with Gasteiger partial charge in [-0.15, -0.1) is 0 Å². The van der Waals surface area contributed by atoms with Crippen molar-refractivity contribution in [2.24, 2.45) is 0 Å². The van der Waals surface area contributed by atoms with E-state index in [0.717, 1.165) is 0 Å². The Bertz CT molecular complexity index is 690. The monoisotopic (exact) mass is 391 g/mol. The van der Waals surface area contributed by atoms with Crippen LogP contribution in [-0.2, 0) is 26.9 Å². The number of amides is 1. The number of benzene rings is 1. The first kappa shape index (κ1) is 15.6. The van der Waals surface area contributed by atoms with Crippen LogP contribution in [0, 0.1) is 0 Å². The molecule has 0 aliphatic carbocycles. The van der Waals surface area contributed by atoms with Gasteiger partial charge in [0.1, 0.15) is 0 Å². The second-order valence-electron chi connectivity index (χ2n) is 4.15. The number of nitrogens with zero attached hydrogens (tertiary/aromatic N) is 1. The van der Waals surface area contributed by atoms with E-state index in [1.165, 1.54) is 12.1 Å². The molecule has 1 amide bonds. The van der Waals surface area contributed by atoms with E-state index in [-0.39, 0.29) is 22.5 Å². The number of carbonyl (C=O) groups is 1.